The van der Waals surface area contributed by atoms with E-state index < -0.39 is 6.04 Å². The molecular formula is C33H28ClN5O4. The number of hydrogen-bond donors (Lipinski definition) is 2. The summed E-state index contributed by atoms with van der Waals surface area (Å²) in [4.78, 5) is 38.9. The Kier molecular flexibility index (Phi) is 7.33. The van der Waals surface area contributed by atoms with E-state index in [9.17, 15) is 9.59 Å². The molecule has 3 aromatic carbocycles. The predicted octanol–water partition coefficient (Wildman–Crippen LogP) is 6.44. The maximum atomic E-state index is 14.6. The number of H-pyrrole nitrogens is 1. The molecule has 0 radical (unpaired) electrons. The minimum absolute atomic E-state index is 0.234. The van der Waals surface area contributed by atoms with Crippen LogP contribution in [-0.2, 0) is 0 Å². The van der Waals surface area contributed by atoms with Crippen LogP contribution in [0.4, 0.5) is 5.82 Å². The van der Waals surface area contributed by atoms with Crippen molar-refractivity contribution in [3.63, 3.8) is 0 Å². The molecule has 0 bridgehead atoms. The lowest BCUT2D eigenvalue weighted by Gasteiger charge is -2.24. The Balaban J connectivity index is 1.63. The van der Waals surface area contributed by atoms with Crippen LogP contribution >= 0.6 is 11.6 Å². The molecule has 216 valence electrons. The molecule has 3 heterocycles. The number of halogens is 1. The van der Waals surface area contributed by atoms with Gasteiger partial charge < -0.3 is 19.8 Å². The summed E-state index contributed by atoms with van der Waals surface area (Å²) in [6.07, 6.45) is 2.91. The highest BCUT2D eigenvalue weighted by atomic mass is 35.5. The first kappa shape index (κ1) is 28.0. The molecule has 0 aliphatic heterocycles. The number of aromatic amines is 1. The van der Waals surface area contributed by atoms with E-state index in [2.05, 4.69) is 20.3 Å². The van der Waals surface area contributed by atoms with Crippen LogP contribution < -0.4 is 25.8 Å². The summed E-state index contributed by atoms with van der Waals surface area (Å²) in [6, 6.07) is 19.6. The number of hydrogen-bond acceptors (Lipinski definition) is 7. The van der Waals surface area contributed by atoms with E-state index in [0.29, 0.717) is 61.1 Å². The average Bonchev–Trinajstić information content (AvgIpc) is 3.03. The van der Waals surface area contributed by atoms with Gasteiger partial charge in [-0.1, -0.05) is 48.0 Å². The number of nitrogens with zero attached hydrogens (tertiary/aromatic N) is 3. The number of anilines is 1. The number of rotatable bonds is 7. The van der Waals surface area contributed by atoms with Crippen molar-refractivity contribution in [3.05, 3.63) is 116 Å². The average molecular weight is 594 g/mol. The Labute approximate surface area is 251 Å². The molecule has 0 fully saturated rings. The number of aromatic nitrogens is 4. The minimum Gasteiger partial charge on any atom is -0.496 e. The number of nitrogens with one attached hydrogen (secondary N) is 2. The fraction of sp³-hybridized carbons (Fsp3) is 0.152. The highest BCUT2D eigenvalue weighted by Gasteiger charge is 2.25. The standard InChI is InChI=1S/C33H28ClN5O4/c1-18-25(42-3)15-20(16-26(18)43-4)22-11-8-12-23-27(22)33(41)39(21-9-6-5-7-10-21)30(29(23)34)19(2)38-32-28-24(40)13-14-35-31(28)36-17-37-32/h5-17,19H,1-4H3,(H2,35,36,37,38,40)/t19-/m0/s1. The minimum atomic E-state index is -0.550. The lowest BCUT2D eigenvalue weighted by Crippen LogP contribution is -2.27. The van der Waals surface area contributed by atoms with E-state index in [1.807, 2.05) is 74.5 Å². The first-order chi connectivity index (χ1) is 20.8. The van der Waals surface area contributed by atoms with Crippen LogP contribution in [0.2, 0.25) is 5.02 Å². The molecule has 0 saturated carbocycles. The lowest BCUT2D eigenvalue weighted by molar-refractivity contribution is 0.389. The van der Waals surface area contributed by atoms with Crippen molar-refractivity contribution in [2.24, 2.45) is 0 Å². The van der Waals surface area contributed by atoms with E-state index in [4.69, 9.17) is 21.1 Å². The Bertz CT molecular complexity index is 2100. The van der Waals surface area contributed by atoms with Crippen molar-refractivity contribution in [1.82, 2.24) is 19.5 Å². The van der Waals surface area contributed by atoms with Gasteiger partial charge in [0.1, 0.15) is 34.7 Å². The molecule has 43 heavy (non-hydrogen) atoms. The zero-order chi connectivity index (χ0) is 30.2. The van der Waals surface area contributed by atoms with Gasteiger partial charge in [0.2, 0.25) is 0 Å². The summed E-state index contributed by atoms with van der Waals surface area (Å²) in [6.45, 7) is 3.79. The van der Waals surface area contributed by atoms with Crippen LogP contribution in [0, 0.1) is 6.92 Å². The van der Waals surface area contributed by atoms with Crippen LogP contribution in [0.3, 0.4) is 0 Å². The SMILES string of the molecule is COc1cc(-c2cccc3c(Cl)c([C@H](C)Nc4ncnc5[nH]ccc(=O)c45)n(-c4ccccc4)c(=O)c23)cc(OC)c1C. The largest absolute Gasteiger partial charge is 0.496 e. The van der Waals surface area contributed by atoms with E-state index in [1.54, 1.807) is 18.8 Å². The quantitative estimate of drug-likeness (QED) is 0.219. The summed E-state index contributed by atoms with van der Waals surface area (Å²) >= 11 is 7.23. The van der Waals surface area contributed by atoms with Gasteiger partial charge >= 0.3 is 0 Å². The third-order valence-corrected chi connectivity index (χ3v) is 7.97. The number of ether oxygens (including phenoxy) is 2. The number of pyridine rings is 2. The third-order valence-electron chi connectivity index (χ3n) is 7.57. The first-order valence-electron chi connectivity index (χ1n) is 13.6. The van der Waals surface area contributed by atoms with Crippen molar-refractivity contribution in [3.8, 4) is 28.3 Å². The van der Waals surface area contributed by atoms with E-state index in [-0.39, 0.29) is 11.0 Å². The van der Waals surface area contributed by atoms with Crippen LogP contribution in [0.1, 0.15) is 24.2 Å². The van der Waals surface area contributed by atoms with Crippen molar-refractivity contribution < 1.29 is 9.47 Å². The highest BCUT2D eigenvalue weighted by Crippen LogP contribution is 2.39. The molecule has 6 rings (SSSR count). The second-order valence-electron chi connectivity index (χ2n) is 10.1. The van der Waals surface area contributed by atoms with E-state index in [0.717, 1.165) is 11.1 Å². The van der Waals surface area contributed by atoms with Gasteiger partial charge in [0.05, 0.1) is 36.4 Å². The Hall–Kier alpha value is -5.15. The van der Waals surface area contributed by atoms with Gasteiger partial charge in [0.25, 0.3) is 5.56 Å². The molecule has 0 saturated heterocycles. The van der Waals surface area contributed by atoms with Crippen molar-refractivity contribution in [1.29, 1.82) is 0 Å². The first-order valence-corrected chi connectivity index (χ1v) is 14.0. The maximum Gasteiger partial charge on any atom is 0.263 e. The summed E-state index contributed by atoms with van der Waals surface area (Å²) in [5, 5.41) is 5.05. The number of para-hydroxylation sites is 1. The Morgan fingerprint density at radius 3 is 2.35 bits per heavy atom. The monoisotopic (exact) mass is 593 g/mol. The van der Waals surface area contributed by atoms with Gasteiger partial charge in [0.15, 0.2) is 5.43 Å². The highest BCUT2D eigenvalue weighted by molar-refractivity contribution is 6.36. The Morgan fingerprint density at radius 1 is 0.930 bits per heavy atom. The lowest BCUT2D eigenvalue weighted by atomic mass is 9.96. The second-order valence-corrected chi connectivity index (χ2v) is 10.4. The van der Waals surface area contributed by atoms with Gasteiger partial charge in [-0.25, -0.2) is 9.97 Å². The van der Waals surface area contributed by atoms with Crippen LogP contribution in [0.15, 0.2) is 88.8 Å². The molecule has 0 aliphatic rings. The molecule has 1 atom stereocenters. The maximum absolute atomic E-state index is 14.6. The summed E-state index contributed by atoms with van der Waals surface area (Å²) in [5.74, 6) is 1.61. The van der Waals surface area contributed by atoms with Crippen molar-refractivity contribution >= 4 is 39.2 Å². The molecular weight excluding hydrogens is 566 g/mol. The Morgan fingerprint density at radius 2 is 1.65 bits per heavy atom. The van der Waals surface area contributed by atoms with Gasteiger partial charge in [-0.2, -0.15) is 0 Å². The molecule has 9 nitrogen and oxygen atoms in total. The fourth-order valence-electron chi connectivity index (χ4n) is 5.51. The molecule has 3 aromatic heterocycles. The molecule has 6 aromatic rings. The molecule has 10 heteroatoms. The van der Waals surface area contributed by atoms with Gasteiger partial charge in [0, 0.05) is 28.9 Å². The van der Waals surface area contributed by atoms with Crippen molar-refractivity contribution in [2.45, 2.75) is 19.9 Å². The molecule has 0 amide bonds. The van der Waals surface area contributed by atoms with Crippen LogP contribution in [-0.4, -0.2) is 33.7 Å². The smallest absolute Gasteiger partial charge is 0.263 e. The van der Waals surface area contributed by atoms with Crippen LogP contribution in [0.25, 0.3) is 38.6 Å². The summed E-state index contributed by atoms with van der Waals surface area (Å²) in [7, 11) is 3.20. The van der Waals surface area contributed by atoms with Crippen molar-refractivity contribution in [2.75, 3.05) is 19.5 Å². The predicted molar refractivity (Wildman–Crippen MR) is 170 cm³/mol. The molecule has 2 N–H and O–H groups in total. The van der Waals surface area contributed by atoms with Gasteiger partial charge in [-0.15, -0.1) is 0 Å². The molecule has 0 aliphatic carbocycles. The fourth-order valence-corrected chi connectivity index (χ4v) is 5.92. The van der Waals surface area contributed by atoms with E-state index >= 15 is 0 Å². The zero-order valence-electron chi connectivity index (χ0n) is 23.9. The normalized spacial score (nSPS) is 11.9. The molecule has 0 unspecified atom stereocenters. The third kappa shape index (κ3) is 4.77. The van der Waals surface area contributed by atoms with Gasteiger partial charge in [-0.3, -0.25) is 14.2 Å². The zero-order valence-corrected chi connectivity index (χ0v) is 24.7. The number of benzene rings is 3. The topological polar surface area (TPSA) is 111 Å². The summed E-state index contributed by atoms with van der Waals surface area (Å²) in [5.41, 5.74) is 3.36. The number of methoxy groups -OCH3 is 2. The number of fused-ring (bicyclic) bond motifs is 2. The summed E-state index contributed by atoms with van der Waals surface area (Å²) < 4.78 is 12.9. The second kappa shape index (κ2) is 11.3. The van der Waals surface area contributed by atoms with Crippen LogP contribution in [0.5, 0.6) is 11.5 Å². The molecule has 0 spiro atoms. The van der Waals surface area contributed by atoms with E-state index in [1.165, 1.54) is 18.6 Å². The van der Waals surface area contributed by atoms with Gasteiger partial charge in [-0.05, 0) is 49.2 Å².